The van der Waals surface area contributed by atoms with E-state index in [0.29, 0.717) is 29.9 Å². The van der Waals surface area contributed by atoms with Crippen molar-refractivity contribution < 1.29 is 14.3 Å². The summed E-state index contributed by atoms with van der Waals surface area (Å²) in [6.07, 6.45) is 0. The van der Waals surface area contributed by atoms with Crippen molar-refractivity contribution in [3.63, 3.8) is 0 Å². The molecular weight excluding hydrogens is 270 g/mol. The van der Waals surface area contributed by atoms with Gasteiger partial charge in [-0.1, -0.05) is 13.8 Å². The highest BCUT2D eigenvalue weighted by atomic mass is 16.5. The van der Waals surface area contributed by atoms with Gasteiger partial charge in [0.15, 0.2) is 5.96 Å². The van der Waals surface area contributed by atoms with Crippen LogP contribution in [0, 0.1) is 5.92 Å². The minimum atomic E-state index is -0.527. The maximum atomic E-state index is 12.1. The molecule has 0 radical (unpaired) electrons. The monoisotopic (exact) mass is 291 g/mol. The fraction of sp³-hybridized carbons (Fsp3) is 0.467. The Hall–Kier alpha value is -2.24. The van der Waals surface area contributed by atoms with E-state index >= 15 is 0 Å². The number of carbonyl (C=O) groups is 1. The minimum absolute atomic E-state index is 0.149. The predicted molar refractivity (Wildman–Crippen MR) is 80.7 cm³/mol. The molecule has 1 saturated heterocycles. The lowest BCUT2D eigenvalue weighted by Crippen LogP contribution is -2.26. The largest absolute Gasteiger partial charge is 0.497 e. The third kappa shape index (κ3) is 3.45. The van der Waals surface area contributed by atoms with E-state index in [1.807, 2.05) is 0 Å². The molecule has 2 rings (SSSR count). The van der Waals surface area contributed by atoms with E-state index in [9.17, 15) is 4.79 Å². The van der Waals surface area contributed by atoms with Crippen LogP contribution in [0.2, 0.25) is 0 Å². The van der Waals surface area contributed by atoms with E-state index in [4.69, 9.17) is 9.47 Å². The summed E-state index contributed by atoms with van der Waals surface area (Å²) in [4.78, 5) is 16.5. The summed E-state index contributed by atoms with van der Waals surface area (Å²) in [6.45, 7) is 4.80. The van der Waals surface area contributed by atoms with Gasteiger partial charge in [0.2, 0.25) is 0 Å². The lowest BCUT2D eigenvalue weighted by atomic mass is 10.1. The average molecular weight is 291 g/mol. The van der Waals surface area contributed by atoms with Crippen LogP contribution >= 0.6 is 0 Å². The summed E-state index contributed by atoms with van der Waals surface area (Å²) >= 11 is 0. The van der Waals surface area contributed by atoms with Crippen LogP contribution in [-0.4, -0.2) is 32.6 Å². The van der Waals surface area contributed by atoms with Gasteiger partial charge in [-0.05, 0) is 24.1 Å². The van der Waals surface area contributed by atoms with Crippen LogP contribution in [0.5, 0.6) is 11.5 Å². The van der Waals surface area contributed by atoms with Gasteiger partial charge < -0.3 is 14.8 Å². The molecule has 0 aromatic heterocycles. The molecular formula is C15H21N3O3. The lowest BCUT2D eigenvalue weighted by Gasteiger charge is -2.14. The number of amides is 1. The highest BCUT2D eigenvalue weighted by Crippen LogP contribution is 2.30. The van der Waals surface area contributed by atoms with Gasteiger partial charge in [-0.25, -0.2) is 0 Å². The van der Waals surface area contributed by atoms with Crippen molar-refractivity contribution in [2.75, 3.05) is 20.8 Å². The summed E-state index contributed by atoms with van der Waals surface area (Å²) in [7, 11) is 3.16. The number of guanidine groups is 1. The zero-order valence-electron chi connectivity index (χ0n) is 12.8. The number of benzene rings is 1. The van der Waals surface area contributed by atoms with E-state index in [1.54, 1.807) is 32.4 Å². The third-order valence-corrected chi connectivity index (χ3v) is 3.15. The van der Waals surface area contributed by atoms with E-state index in [-0.39, 0.29) is 5.91 Å². The molecule has 1 atom stereocenters. The van der Waals surface area contributed by atoms with Crippen LogP contribution in [0.15, 0.2) is 23.2 Å². The topological polar surface area (TPSA) is 72.0 Å². The number of rotatable bonds is 5. The van der Waals surface area contributed by atoms with Gasteiger partial charge in [-0.2, -0.15) is 0 Å². The van der Waals surface area contributed by atoms with Crippen molar-refractivity contribution in [1.82, 2.24) is 10.6 Å². The molecule has 1 unspecified atom stereocenters. The third-order valence-electron chi connectivity index (χ3n) is 3.15. The van der Waals surface area contributed by atoms with Crippen molar-refractivity contribution >= 4 is 11.9 Å². The number of hydrogen-bond donors (Lipinski definition) is 2. The van der Waals surface area contributed by atoms with Crippen molar-refractivity contribution in [1.29, 1.82) is 0 Å². The molecule has 1 aromatic carbocycles. The SMILES string of the molecule is COc1ccc(OC)c(C2NC(=NCC(C)C)NC2=O)c1. The van der Waals surface area contributed by atoms with E-state index < -0.39 is 6.04 Å². The molecule has 21 heavy (non-hydrogen) atoms. The first-order valence-electron chi connectivity index (χ1n) is 6.89. The number of carbonyl (C=O) groups excluding carboxylic acids is 1. The van der Waals surface area contributed by atoms with Gasteiger partial charge in [0, 0.05) is 12.1 Å². The molecule has 0 aliphatic carbocycles. The summed E-state index contributed by atoms with van der Waals surface area (Å²) in [5.41, 5.74) is 0.726. The quantitative estimate of drug-likeness (QED) is 0.862. The Labute approximate surface area is 124 Å². The van der Waals surface area contributed by atoms with Gasteiger partial charge in [0.1, 0.15) is 17.5 Å². The molecule has 0 saturated carbocycles. The molecule has 1 fully saturated rings. The fourth-order valence-corrected chi connectivity index (χ4v) is 2.07. The number of hydrogen-bond acceptors (Lipinski definition) is 4. The smallest absolute Gasteiger partial charge is 0.254 e. The summed E-state index contributed by atoms with van der Waals surface area (Å²) in [5, 5.41) is 5.84. The molecule has 1 aromatic rings. The Morgan fingerprint density at radius 1 is 1.29 bits per heavy atom. The number of aliphatic imine (C=N–C) groups is 1. The van der Waals surface area contributed by atoms with Crippen molar-refractivity contribution in [2.24, 2.45) is 10.9 Å². The van der Waals surface area contributed by atoms with Gasteiger partial charge in [-0.15, -0.1) is 0 Å². The highest BCUT2D eigenvalue weighted by Gasteiger charge is 2.32. The van der Waals surface area contributed by atoms with Crippen LogP contribution in [0.3, 0.4) is 0 Å². The van der Waals surface area contributed by atoms with E-state index in [1.165, 1.54) is 0 Å². The molecule has 1 amide bonds. The number of methoxy groups -OCH3 is 2. The minimum Gasteiger partial charge on any atom is -0.497 e. The summed E-state index contributed by atoms with van der Waals surface area (Å²) in [5.74, 6) is 2.09. The zero-order chi connectivity index (χ0) is 15.4. The highest BCUT2D eigenvalue weighted by molar-refractivity contribution is 6.07. The van der Waals surface area contributed by atoms with Crippen LogP contribution in [-0.2, 0) is 4.79 Å². The fourth-order valence-electron chi connectivity index (χ4n) is 2.07. The van der Waals surface area contributed by atoms with Crippen LogP contribution < -0.4 is 20.1 Å². The van der Waals surface area contributed by atoms with Crippen molar-refractivity contribution in [2.45, 2.75) is 19.9 Å². The Balaban J connectivity index is 2.26. The Morgan fingerprint density at radius 2 is 2.05 bits per heavy atom. The summed E-state index contributed by atoms with van der Waals surface area (Å²) in [6, 6.07) is 4.84. The average Bonchev–Trinajstić information content (AvgIpc) is 2.85. The number of nitrogens with zero attached hydrogens (tertiary/aromatic N) is 1. The van der Waals surface area contributed by atoms with Gasteiger partial charge in [0.05, 0.1) is 14.2 Å². The normalized spacial score (nSPS) is 19.6. The second kappa shape index (κ2) is 6.47. The molecule has 1 aliphatic heterocycles. The first kappa shape index (κ1) is 15.2. The van der Waals surface area contributed by atoms with E-state index in [2.05, 4.69) is 29.5 Å². The molecule has 6 nitrogen and oxygen atoms in total. The molecule has 1 aliphatic rings. The van der Waals surface area contributed by atoms with Gasteiger partial charge in [0.25, 0.3) is 5.91 Å². The lowest BCUT2D eigenvalue weighted by molar-refractivity contribution is -0.120. The Bertz CT molecular complexity index is 555. The second-order valence-corrected chi connectivity index (χ2v) is 5.26. The Kier molecular flexibility index (Phi) is 4.67. The maximum absolute atomic E-state index is 12.1. The zero-order valence-corrected chi connectivity index (χ0v) is 12.8. The first-order valence-corrected chi connectivity index (χ1v) is 6.89. The first-order chi connectivity index (χ1) is 10.0. The molecule has 0 spiro atoms. The predicted octanol–water partition coefficient (Wildman–Crippen LogP) is 1.48. The van der Waals surface area contributed by atoms with Crippen LogP contribution in [0.25, 0.3) is 0 Å². The number of nitrogens with one attached hydrogen (secondary N) is 2. The standard InChI is InChI=1S/C15H21N3O3/c1-9(2)8-16-15-17-13(14(19)18-15)11-7-10(20-3)5-6-12(11)21-4/h5-7,9,13H,8H2,1-4H3,(H2,16,17,18,19). The van der Waals surface area contributed by atoms with E-state index in [0.717, 1.165) is 5.56 Å². The molecule has 0 bridgehead atoms. The van der Waals surface area contributed by atoms with Gasteiger partial charge in [-0.3, -0.25) is 15.1 Å². The molecule has 2 N–H and O–H groups in total. The van der Waals surface area contributed by atoms with Crippen molar-refractivity contribution in [3.8, 4) is 11.5 Å². The molecule has 114 valence electrons. The molecule has 1 heterocycles. The number of ether oxygens (including phenoxy) is 2. The summed E-state index contributed by atoms with van der Waals surface area (Å²) < 4.78 is 10.5. The van der Waals surface area contributed by atoms with Crippen LogP contribution in [0.1, 0.15) is 25.5 Å². The van der Waals surface area contributed by atoms with Crippen LogP contribution in [0.4, 0.5) is 0 Å². The van der Waals surface area contributed by atoms with Crippen molar-refractivity contribution in [3.05, 3.63) is 23.8 Å². The Morgan fingerprint density at radius 3 is 2.67 bits per heavy atom. The molecule has 6 heteroatoms. The second-order valence-electron chi connectivity index (χ2n) is 5.26. The van der Waals surface area contributed by atoms with Gasteiger partial charge >= 0.3 is 0 Å². The maximum Gasteiger partial charge on any atom is 0.254 e.